The number of piperazine rings is 1. The molecule has 3 atom stereocenters. The molecule has 2 fully saturated rings. The highest BCUT2D eigenvalue weighted by molar-refractivity contribution is 6.48. The van der Waals surface area contributed by atoms with Gasteiger partial charge in [0.1, 0.15) is 29.3 Å². The molecule has 60 heavy (non-hydrogen) atoms. The maximum atomic E-state index is 14.2. The molecule has 5 rings (SSSR count). The molecule has 0 aliphatic carbocycles. The van der Waals surface area contributed by atoms with E-state index < -0.39 is 48.5 Å². The van der Waals surface area contributed by atoms with Crippen LogP contribution in [0.5, 0.6) is 17.2 Å². The van der Waals surface area contributed by atoms with Gasteiger partial charge in [0.05, 0.1) is 12.2 Å². The van der Waals surface area contributed by atoms with E-state index in [0.717, 1.165) is 28.4 Å². The van der Waals surface area contributed by atoms with Crippen molar-refractivity contribution < 1.29 is 48.4 Å². The SMILES string of the molecule is CCNC(=O)C(=N)N(C(=N)c1cc(C(C)C)c(O)cc1O)c1ccc(C(=O)N2CCN(c3ccc(ONC(=CC=N[C@H]4O[C@@H](CO)[C@H](O)C4(F)F)NC)c(C)c3)CC2)cc1. The second-order valence-electron chi connectivity index (χ2n) is 14.4. The first kappa shape index (κ1) is 44.8. The summed E-state index contributed by atoms with van der Waals surface area (Å²) in [5.41, 5.74) is 5.48. The lowest BCUT2D eigenvalue weighted by atomic mass is 9.98. The Kier molecular flexibility index (Phi) is 14.3. The van der Waals surface area contributed by atoms with Gasteiger partial charge in [-0.2, -0.15) is 8.78 Å². The number of allylic oxidation sites excluding steroid dienone is 1. The number of halogens is 2. The van der Waals surface area contributed by atoms with E-state index >= 15 is 0 Å². The Morgan fingerprint density at radius 1 is 1.07 bits per heavy atom. The predicted octanol–water partition coefficient (Wildman–Crippen LogP) is 3.17. The number of hydrogen-bond donors (Lipinski definition) is 9. The quantitative estimate of drug-likeness (QED) is 0.0686. The van der Waals surface area contributed by atoms with Crippen molar-refractivity contribution in [1.82, 2.24) is 21.0 Å². The fraction of sp³-hybridized carbons (Fsp3) is 0.390. The molecular weight excluding hydrogens is 785 g/mol. The number of rotatable bonds is 13. The average molecular weight is 836 g/mol. The number of ether oxygens (including phenoxy) is 1. The normalized spacial score (nSPS) is 19.0. The number of aliphatic imine (C=N–C) groups is 1. The van der Waals surface area contributed by atoms with Crippen molar-refractivity contribution in [2.45, 2.75) is 58.0 Å². The molecule has 2 saturated heterocycles. The molecule has 0 saturated carbocycles. The monoisotopic (exact) mass is 835 g/mol. The zero-order valence-electron chi connectivity index (χ0n) is 33.9. The number of carbonyl (C=O) groups is 2. The number of amides is 2. The van der Waals surface area contributed by atoms with Crippen LogP contribution in [0.3, 0.4) is 0 Å². The summed E-state index contributed by atoms with van der Waals surface area (Å²) in [7, 11) is 1.58. The summed E-state index contributed by atoms with van der Waals surface area (Å²) in [5.74, 6) is -5.50. The van der Waals surface area contributed by atoms with E-state index in [-0.39, 0.29) is 47.0 Å². The molecule has 0 unspecified atom stereocenters. The van der Waals surface area contributed by atoms with Crippen LogP contribution >= 0.6 is 0 Å². The van der Waals surface area contributed by atoms with Crippen LogP contribution in [0.2, 0.25) is 0 Å². The van der Waals surface area contributed by atoms with Crippen LogP contribution in [0.4, 0.5) is 20.2 Å². The number of likely N-dealkylation sites (N-methyl/N-ethyl adjacent to an activating group) is 1. The van der Waals surface area contributed by atoms with Crippen molar-refractivity contribution in [2.24, 2.45) is 4.99 Å². The third kappa shape index (κ3) is 9.75. The first-order valence-electron chi connectivity index (χ1n) is 19.2. The molecule has 9 N–H and O–H groups in total. The maximum absolute atomic E-state index is 14.2. The first-order valence-corrected chi connectivity index (χ1v) is 19.2. The van der Waals surface area contributed by atoms with E-state index in [2.05, 4.69) is 26.0 Å². The van der Waals surface area contributed by atoms with E-state index in [1.54, 1.807) is 37.1 Å². The molecule has 0 bridgehead atoms. The zero-order valence-corrected chi connectivity index (χ0v) is 33.9. The molecule has 0 spiro atoms. The number of anilines is 2. The topological polar surface area (TPSA) is 239 Å². The molecular formula is C41H51F2N9O8. The summed E-state index contributed by atoms with van der Waals surface area (Å²) in [4.78, 5) is 40.8. The van der Waals surface area contributed by atoms with E-state index in [4.69, 9.17) is 25.5 Å². The minimum Gasteiger partial charge on any atom is -0.508 e. The van der Waals surface area contributed by atoms with Crippen molar-refractivity contribution in [1.29, 1.82) is 10.8 Å². The highest BCUT2D eigenvalue weighted by atomic mass is 19.3. The van der Waals surface area contributed by atoms with Crippen LogP contribution < -0.4 is 30.8 Å². The van der Waals surface area contributed by atoms with Crippen LogP contribution in [0.15, 0.2) is 71.5 Å². The van der Waals surface area contributed by atoms with Gasteiger partial charge in [-0.3, -0.25) is 30.3 Å². The van der Waals surface area contributed by atoms with E-state index in [1.807, 2.05) is 32.9 Å². The lowest BCUT2D eigenvalue weighted by Crippen LogP contribution is -2.48. The van der Waals surface area contributed by atoms with Gasteiger partial charge in [0.2, 0.25) is 6.23 Å². The third-order valence-corrected chi connectivity index (χ3v) is 10.0. The summed E-state index contributed by atoms with van der Waals surface area (Å²) < 4.78 is 33.4. The molecule has 2 aliphatic heterocycles. The number of phenols is 2. The number of aryl methyl sites for hydroxylation is 1. The van der Waals surface area contributed by atoms with Crippen molar-refractivity contribution >= 4 is 41.1 Å². The molecule has 2 heterocycles. The van der Waals surface area contributed by atoms with Gasteiger partial charge in [0, 0.05) is 69.0 Å². The van der Waals surface area contributed by atoms with Crippen LogP contribution in [-0.2, 0) is 9.53 Å². The Bertz CT molecular complexity index is 2120. The number of alkyl halides is 2. The molecule has 3 aromatic carbocycles. The number of nitrogens with one attached hydrogen (secondary N) is 5. The molecule has 3 aromatic rings. The van der Waals surface area contributed by atoms with E-state index in [9.17, 15) is 33.7 Å². The number of nitrogens with zero attached hydrogens (tertiary/aromatic N) is 4. The number of aromatic hydroxyl groups is 2. The molecule has 19 heteroatoms. The fourth-order valence-corrected chi connectivity index (χ4v) is 6.61. The van der Waals surface area contributed by atoms with Crippen LogP contribution in [-0.4, -0.2) is 126 Å². The van der Waals surface area contributed by atoms with Crippen LogP contribution in [0, 0.1) is 17.7 Å². The van der Waals surface area contributed by atoms with Gasteiger partial charge in [-0.15, -0.1) is 0 Å². The Balaban J connectivity index is 1.20. The number of aliphatic hydroxyl groups is 2. The summed E-state index contributed by atoms with van der Waals surface area (Å²) >= 11 is 0. The molecule has 0 radical (unpaired) electrons. The average Bonchev–Trinajstić information content (AvgIpc) is 3.45. The number of phenolic OH excluding ortho intramolecular Hbond substituents is 2. The van der Waals surface area contributed by atoms with Gasteiger partial charge in [-0.1, -0.05) is 13.8 Å². The maximum Gasteiger partial charge on any atom is 0.321 e. The summed E-state index contributed by atoms with van der Waals surface area (Å²) in [5, 5.41) is 62.9. The highest BCUT2D eigenvalue weighted by Crippen LogP contribution is 2.37. The number of hydrogen-bond acceptors (Lipinski definition) is 14. The van der Waals surface area contributed by atoms with Gasteiger partial charge < -0.3 is 50.4 Å². The predicted molar refractivity (Wildman–Crippen MR) is 221 cm³/mol. The minimum atomic E-state index is -3.67. The molecule has 0 aromatic heterocycles. The molecule has 2 aliphatic rings. The van der Waals surface area contributed by atoms with Gasteiger partial charge in [-0.25, -0.2) is 5.48 Å². The fourth-order valence-electron chi connectivity index (χ4n) is 6.61. The van der Waals surface area contributed by atoms with Crippen molar-refractivity contribution in [3.05, 3.63) is 88.7 Å². The number of amidine groups is 2. The number of carbonyl (C=O) groups excluding carboxylic acids is 2. The van der Waals surface area contributed by atoms with Gasteiger partial charge in [-0.05, 0) is 85.5 Å². The van der Waals surface area contributed by atoms with Crippen LogP contribution in [0.1, 0.15) is 53.7 Å². The molecule has 2 amide bonds. The van der Waals surface area contributed by atoms with E-state index in [1.165, 1.54) is 24.3 Å². The molecule has 17 nitrogen and oxygen atoms in total. The standard InChI is InChI=1S/C41H51F2N9O8/c1-6-47-38(57)37(45)52(36(44)29-20-28(23(2)3)30(54)21-31(29)55)26-9-7-25(8-10-26)39(58)51-17-15-50(16-18-51)27-11-12-32(24(4)19-27)60-49-34(46-5)13-14-48-40-41(42,43)35(56)33(22-53)59-40/h7-14,19-21,23,33,35,40,44-46,49,53-56H,6,15-18,22H2,1-5H3,(H,47,57)/t33-,35-,40-/m0/s1. The Labute approximate surface area is 345 Å². The lowest BCUT2D eigenvalue weighted by Gasteiger charge is -2.36. The second-order valence-corrected chi connectivity index (χ2v) is 14.4. The first-order chi connectivity index (χ1) is 28.5. The third-order valence-electron chi connectivity index (χ3n) is 10.0. The van der Waals surface area contributed by atoms with Crippen molar-refractivity contribution in [2.75, 3.05) is 56.2 Å². The van der Waals surface area contributed by atoms with Crippen molar-refractivity contribution in [3.63, 3.8) is 0 Å². The second kappa shape index (κ2) is 19.2. The molecule has 322 valence electrons. The number of hydroxylamine groups is 1. The zero-order chi connectivity index (χ0) is 43.9. The largest absolute Gasteiger partial charge is 0.508 e. The Hall–Kier alpha value is -6.31. The summed E-state index contributed by atoms with van der Waals surface area (Å²) in [6.07, 6.45) is -3.17. The minimum absolute atomic E-state index is 0.00501. The Morgan fingerprint density at radius 2 is 1.75 bits per heavy atom. The van der Waals surface area contributed by atoms with Crippen molar-refractivity contribution in [3.8, 4) is 17.2 Å². The summed E-state index contributed by atoms with van der Waals surface area (Å²) in [6, 6.07) is 14.3. The highest BCUT2D eigenvalue weighted by Gasteiger charge is 2.58. The number of benzene rings is 3. The number of aliphatic hydroxyl groups excluding tert-OH is 2. The summed E-state index contributed by atoms with van der Waals surface area (Å²) in [6.45, 7) is 8.62. The van der Waals surface area contributed by atoms with Gasteiger partial charge in [0.15, 0.2) is 17.7 Å². The smallest absolute Gasteiger partial charge is 0.321 e. The van der Waals surface area contributed by atoms with Gasteiger partial charge in [0.25, 0.3) is 11.8 Å². The Morgan fingerprint density at radius 3 is 2.33 bits per heavy atom. The van der Waals surface area contributed by atoms with E-state index in [0.29, 0.717) is 43.1 Å². The van der Waals surface area contributed by atoms with Crippen LogP contribution in [0.25, 0.3) is 0 Å². The lowest BCUT2D eigenvalue weighted by molar-refractivity contribution is -0.114. The van der Waals surface area contributed by atoms with Gasteiger partial charge >= 0.3 is 5.92 Å².